The van der Waals surface area contributed by atoms with E-state index in [-0.39, 0.29) is 12.5 Å². The van der Waals surface area contributed by atoms with E-state index >= 15 is 0 Å². The number of nitrogens with one attached hydrogen (secondary N) is 1. The molecule has 1 saturated carbocycles. The zero-order valence-corrected chi connectivity index (χ0v) is 12.0. The molecule has 0 saturated heterocycles. The molecular formula is C16H23NO2. The maximum absolute atomic E-state index is 11.6. The fraction of sp³-hybridized carbons (Fsp3) is 0.562. The van der Waals surface area contributed by atoms with Crippen LogP contribution < -0.4 is 5.32 Å². The van der Waals surface area contributed by atoms with Crippen molar-refractivity contribution in [1.82, 2.24) is 5.32 Å². The second-order valence-electron chi connectivity index (χ2n) is 6.16. The van der Waals surface area contributed by atoms with E-state index in [2.05, 4.69) is 29.6 Å². The molecule has 19 heavy (non-hydrogen) atoms. The number of hydrogen-bond acceptors (Lipinski definition) is 3. The minimum absolute atomic E-state index is 0.198. The van der Waals surface area contributed by atoms with Gasteiger partial charge in [0.05, 0.1) is 6.54 Å². The van der Waals surface area contributed by atoms with Gasteiger partial charge in [-0.2, -0.15) is 0 Å². The Morgan fingerprint density at radius 3 is 2.63 bits per heavy atom. The lowest BCUT2D eigenvalue weighted by Crippen LogP contribution is -2.31. The van der Waals surface area contributed by atoms with Crippen LogP contribution in [-0.4, -0.2) is 18.1 Å². The van der Waals surface area contributed by atoms with E-state index in [1.807, 2.05) is 20.8 Å². The van der Waals surface area contributed by atoms with Gasteiger partial charge in [0.15, 0.2) is 0 Å². The van der Waals surface area contributed by atoms with Crippen LogP contribution in [0.15, 0.2) is 24.3 Å². The Hall–Kier alpha value is -1.35. The lowest BCUT2D eigenvalue weighted by molar-refractivity contribution is -0.153. The Bertz CT molecular complexity index is 444. The topological polar surface area (TPSA) is 38.3 Å². The zero-order valence-electron chi connectivity index (χ0n) is 12.0. The van der Waals surface area contributed by atoms with E-state index in [9.17, 15) is 4.79 Å². The van der Waals surface area contributed by atoms with Crippen LogP contribution in [0.3, 0.4) is 0 Å². The second-order valence-corrected chi connectivity index (χ2v) is 6.16. The molecule has 1 aliphatic carbocycles. The van der Waals surface area contributed by atoms with Gasteiger partial charge >= 0.3 is 5.97 Å². The highest BCUT2D eigenvalue weighted by molar-refractivity contribution is 5.72. The Morgan fingerprint density at radius 1 is 1.32 bits per heavy atom. The summed E-state index contributed by atoms with van der Waals surface area (Å²) in [5.74, 6) is 0.538. The first-order valence-corrected chi connectivity index (χ1v) is 6.96. The highest BCUT2D eigenvalue weighted by atomic mass is 16.6. The number of carbonyl (C=O) groups excluding carboxylic acids is 1. The fourth-order valence-corrected chi connectivity index (χ4v) is 2.16. The smallest absolute Gasteiger partial charge is 0.320 e. The summed E-state index contributed by atoms with van der Waals surface area (Å²) in [4.78, 5) is 11.6. The molecule has 1 aromatic carbocycles. The summed E-state index contributed by atoms with van der Waals surface area (Å²) in [5.41, 5.74) is 2.32. The average molecular weight is 261 g/mol. The van der Waals surface area contributed by atoms with Gasteiger partial charge in [-0.25, -0.2) is 0 Å². The molecule has 104 valence electrons. The van der Waals surface area contributed by atoms with Gasteiger partial charge in [0.25, 0.3) is 0 Å². The molecule has 0 radical (unpaired) electrons. The van der Waals surface area contributed by atoms with Crippen molar-refractivity contribution in [2.24, 2.45) is 0 Å². The molecule has 0 atom stereocenters. The maximum atomic E-state index is 11.6. The van der Waals surface area contributed by atoms with Gasteiger partial charge in [-0.1, -0.05) is 24.3 Å². The van der Waals surface area contributed by atoms with Crippen molar-refractivity contribution in [2.75, 3.05) is 6.54 Å². The number of ether oxygens (including phenoxy) is 1. The van der Waals surface area contributed by atoms with Crippen LogP contribution in [-0.2, 0) is 16.1 Å². The molecule has 0 aromatic heterocycles. The van der Waals surface area contributed by atoms with Crippen LogP contribution >= 0.6 is 0 Å². The Morgan fingerprint density at radius 2 is 2.00 bits per heavy atom. The van der Waals surface area contributed by atoms with Gasteiger partial charge in [-0.3, -0.25) is 4.79 Å². The predicted octanol–water partition coefficient (Wildman–Crippen LogP) is 3.00. The molecule has 1 N–H and O–H groups in total. The molecule has 2 rings (SSSR count). The molecule has 3 nitrogen and oxygen atoms in total. The summed E-state index contributed by atoms with van der Waals surface area (Å²) >= 11 is 0. The van der Waals surface area contributed by atoms with Gasteiger partial charge in [-0.05, 0) is 50.7 Å². The number of rotatable bonds is 5. The van der Waals surface area contributed by atoms with E-state index in [0.717, 1.165) is 12.5 Å². The minimum atomic E-state index is -0.412. The summed E-state index contributed by atoms with van der Waals surface area (Å²) in [6, 6.07) is 8.47. The SMILES string of the molecule is CC(C)(C)OC(=O)CNCc1ccccc1C1CC1. The molecule has 0 bridgehead atoms. The van der Waals surface area contributed by atoms with Crippen molar-refractivity contribution in [2.45, 2.75) is 51.7 Å². The lowest BCUT2D eigenvalue weighted by Gasteiger charge is -2.19. The summed E-state index contributed by atoms with van der Waals surface area (Å²) in [7, 11) is 0. The highest BCUT2D eigenvalue weighted by Crippen LogP contribution is 2.41. The Kier molecular flexibility index (Phi) is 4.25. The van der Waals surface area contributed by atoms with Crippen molar-refractivity contribution in [3.8, 4) is 0 Å². The first-order valence-electron chi connectivity index (χ1n) is 6.96. The predicted molar refractivity (Wildman–Crippen MR) is 76.0 cm³/mol. The van der Waals surface area contributed by atoms with Crippen LogP contribution in [0.4, 0.5) is 0 Å². The van der Waals surface area contributed by atoms with Gasteiger partial charge in [-0.15, -0.1) is 0 Å². The highest BCUT2D eigenvalue weighted by Gasteiger charge is 2.25. The third kappa shape index (κ3) is 4.67. The third-order valence-corrected chi connectivity index (χ3v) is 3.08. The molecule has 0 unspecified atom stereocenters. The second kappa shape index (κ2) is 5.74. The Labute approximate surface area is 115 Å². The fourth-order valence-electron chi connectivity index (χ4n) is 2.16. The van der Waals surface area contributed by atoms with Crippen molar-refractivity contribution in [1.29, 1.82) is 0 Å². The molecular weight excluding hydrogens is 238 g/mol. The Balaban J connectivity index is 1.81. The lowest BCUT2D eigenvalue weighted by atomic mass is 10.0. The van der Waals surface area contributed by atoms with Crippen LogP contribution in [0.2, 0.25) is 0 Å². The van der Waals surface area contributed by atoms with Gasteiger partial charge in [0.2, 0.25) is 0 Å². The van der Waals surface area contributed by atoms with Crippen LogP contribution in [0, 0.1) is 0 Å². The largest absolute Gasteiger partial charge is 0.459 e. The van der Waals surface area contributed by atoms with E-state index in [1.165, 1.54) is 24.0 Å². The number of hydrogen-bond donors (Lipinski definition) is 1. The normalized spacial score (nSPS) is 15.3. The number of benzene rings is 1. The molecule has 1 aromatic rings. The summed E-state index contributed by atoms with van der Waals surface area (Å²) in [6.07, 6.45) is 2.59. The minimum Gasteiger partial charge on any atom is -0.459 e. The van der Waals surface area contributed by atoms with Crippen LogP contribution in [0.5, 0.6) is 0 Å². The van der Waals surface area contributed by atoms with E-state index in [4.69, 9.17) is 4.74 Å². The van der Waals surface area contributed by atoms with Crippen molar-refractivity contribution in [3.63, 3.8) is 0 Å². The third-order valence-electron chi connectivity index (χ3n) is 3.08. The van der Waals surface area contributed by atoms with Gasteiger partial charge in [0.1, 0.15) is 5.60 Å². The molecule has 1 aliphatic rings. The first kappa shape index (κ1) is 14.1. The standard InChI is InChI=1S/C16H23NO2/c1-16(2,3)19-15(18)11-17-10-13-6-4-5-7-14(13)12-8-9-12/h4-7,12,17H,8-11H2,1-3H3. The summed E-state index contributed by atoms with van der Waals surface area (Å²) in [6.45, 7) is 6.63. The molecule has 0 spiro atoms. The van der Waals surface area contributed by atoms with E-state index in [0.29, 0.717) is 0 Å². The monoisotopic (exact) mass is 261 g/mol. The average Bonchev–Trinajstić information content (AvgIpc) is 3.11. The van der Waals surface area contributed by atoms with E-state index in [1.54, 1.807) is 0 Å². The maximum Gasteiger partial charge on any atom is 0.320 e. The number of esters is 1. The first-order chi connectivity index (χ1) is 8.96. The molecule has 0 aliphatic heterocycles. The molecule has 0 amide bonds. The van der Waals surface area contributed by atoms with Crippen LogP contribution in [0.25, 0.3) is 0 Å². The van der Waals surface area contributed by atoms with Gasteiger partial charge < -0.3 is 10.1 Å². The summed E-state index contributed by atoms with van der Waals surface area (Å²) in [5, 5.41) is 3.17. The van der Waals surface area contributed by atoms with Crippen LogP contribution in [0.1, 0.15) is 50.7 Å². The van der Waals surface area contributed by atoms with Gasteiger partial charge in [0, 0.05) is 6.54 Å². The molecule has 0 heterocycles. The van der Waals surface area contributed by atoms with Crippen molar-refractivity contribution >= 4 is 5.97 Å². The van der Waals surface area contributed by atoms with Crippen molar-refractivity contribution in [3.05, 3.63) is 35.4 Å². The molecule has 1 fully saturated rings. The molecule has 3 heteroatoms. The van der Waals surface area contributed by atoms with E-state index < -0.39 is 5.60 Å². The zero-order chi connectivity index (χ0) is 13.9. The van der Waals surface area contributed by atoms with Crippen molar-refractivity contribution < 1.29 is 9.53 Å². The summed E-state index contributed by atoms with van der Waals surface area (Å²) < 4.78 is 5.26. The quantitative estimate of drug-likeness (QED) is 0.828. The number of carbonyl (C=O) groups is 1.